The second kappa shape index (κ2) is 4.17. The topological polar surface area (TPSA) is 63.1 Å². The molecule has 1 N–H and O–H groups in total. The molecule has 2 aromatic heterocycles. The maximum Gasteiger partial charge on any atom is 0.345 e. The van der Waals surface area contributed by atoms with Gasteiger partial charge in [-0.3, -0.25) is 0 Å². The SMILES string of the molecule is C[C@@H]1CCc2ncnc(-c3ccc(C(=O)O)s3)c21. The summed E-state index contributed by atoms with van der Waals surface area (Å²) in [6.07, 6.45) is 3.66. The molecule has 2 aromatic rings. The van der Waals surface area contributed by atoms with Crippen LogP contribution in [0.4, 0.5) is 0 Å². The Morgan fingerprint density at radius 3 is 3.00 bits per heavy atom. The Morgan fingerprint density at radius 2 is 2.28 bits per heavy atom. The number of carboxylic acids is 1. The number of aromatic nitrogens is 2. The first-order valence-corrected chi connectivity index (χ1v) is 6.65. The van der Waals surface area contributed by atoms with E-state index in [-0.39, 0.29) is 0 Å². The minimum atomic E-state index is -0.884. The van der Waals surface area contributed by atoms with Gasteiger partial charge in [-0.2, -0.15) is 0 Å². The molecule has 0 amide bonds. The molecule has 1 aliphatic rings. The van der Waals surface area contributed by atoms with Crippen molar-refractivity contribution in [1.29, 1.82) is 0 Å². The number of aryl methyl sites for hydroxylation is 1. The summed E-state index contributed by atoms with van der Waals surface area (Å²) >= 11 is 1.27. The average Bonchev–Trinajstić information content (AvgIpc) is 2.96. The summed E-state index contributed by atoms with van der Waals surface area (Å²) in [5, 5.41) is 8.97. The predicted molar refractivity (Wildman–Crippen MR) is 69.0 cm³/mol. The first-order chi connectivity index (χ1) is 8.66. The van der Waals surface area contributed by atoms with Gasteiger partial charge in [-0.1, -0.05) is 6.92 Å². The van der Waals surface area contributed by atoms with Crippen molar-refractivity contribution < 1.29 is 9.90 Å². The van der Waals surface area contributed by atoms with Gasteiger partial charge in [0.15, 0.2) is 0 Å². The van der Waals surface area contributed by atoms with Gasteiger partial charge in [-0.05, 0) is 30.9 Å². The van der Waals surface area contributed by atoms with E-state index in [9.17, 15) is 4.79 Å². The molecular weight excluding hydrogens is 248 g/mol. The molecule has 0 spiro atoms. The summed E-state index contributed by atoms with van der Waals surface area (Å²) < 4.78 is 0. The lowest BCUT2D eigenvalue weighted by atomic mass is 10.0. The summed E-state index contributed by atoms with van der Waals surface area (Å²) in [4.78, 5) is 20.9. The molecule has 0 saturated carbocycles. The maximum atomic E-state index is 10.9. The van der Waals surface area contributed by atoms with Crippen LogP contribution >= 0.6 is 11.3 Å². The van der Waals surface area contributed by atoms with E-state index in [1.165, 1.54) is 16.9 Å². The molecule has 0 radical (unpaired) electrons. The van der Waals surface area contributed by atoms with Gasteiger partial charge in [0.2, 0.25) is 0 Å². The molecular formula is C13H12N2O2S. The molecule has 0 aliphatic heterocycles. The zero-order chi connectivity index (χ0) is 12.7. The fraction of sp³-hybridized carbons (Fsp3) is 0.308. The number of aromatic carboxylic acids is 1. The molecule has 0 fully saturated rings. The number of fused-ring (bicyclic) bond motifs is 1. The second-order valence-electron chi connectivity index (χ2n) is 4.49. The minimum Gasteiger partial charge on any atom is -0.477 e. The third kappa shape index (κ3) is 1.71. The standard InChI is InChI=1S/C13H12N2O2S/c1-7-2-3-8-11(7)12(15-6-14-8)9-4-5-10(18-9)13(16)17/h4-7H,2-3H2,1H3,(H,16,17)/t7-/m1/s1. The Balaban J connectivity index is 2.12. The van der Waals surface area contributed by atoms with Crippen LogP contribution in [0.15, 0.2) is 18.5 Å². The third-order valence-electron chi connectivity index (χ3n) is 3.32. The zero-order valence-corrected chi connectivity index (χ0v) is 10.7. The van der Waals surface area contributed by atoms with Gasteiger partial charge in [0.25, 0.3) is 0 Å². The van der Waals surface area contributed by atoms with Crippen molar-refractivity contribution >= 4 is 17.3 Å². The van der Waals surface area contributed by atoms with Crippen LogP contribution in [-0.2, 0) is 6.42 Å². The molecule has 2 heterocycles. The van der Waals surface area contributed by atoms with E-state index in [0.717, 1.165) is 29.1 Å². The lowest BCUT2D eigenvalue weighted by Crippen LogP contribution is -1.96. The normalized spacial score (nSPS) is 17.7. The molecule has 1 aliphatic carbocycles. The van der Waals surface area contributed by atoms with Crippen molar-refractivity contribution in [1.82, 2.24) is 9.97 Å². The van der Waals surface area contributed by atoms with E-state index >= 15 is 0 Å². The van der Waals surface area contributed by atoms with E-state index < -0.39 is 5.97 Å². The smallest absolute Gasteiger partial charge is 0.345 e. The molecule has 1 atom stereocenters. The summed E-state index contributed by atoms with van der Waals surface area (Å²) in [6, 6.07) is 3.47. The number of hydrogen-bond acceptors (Lipinski definition) is 4. The predicted octanol–water partition coefficient (Wildman–Crippen LogP) is 2.95. The largest absolute Gasteiger partial charge is 0.477 e. The molecule has 0 aromatic carbocycles. The van der Waals surface area contributed by atoms with Crippen LogP contribution < -0.4 is 0 Å². The van der Waals surface area contributed by atoms with E-state index in [0.29, 0.717) is 10.8 Å². The van der Waals surface area contributed by atoms with Crippen molar-refractivity contribution in [3.8, 4) is 10.6 Å². The highest BCUT2D eigenvalue weighted by Gasteiger charge is 2.25. The van der Waals surface area contributed by atoms with E-state index in [1.807, 2.05) is 6.07 Å². The van der Waals surface area contributed by atoms with Crippen molar-refractivity contribution in [2.75, 3.05) is 0 Å². The van der Waals surface area contributed by atoms with E-state index in [1.54, 1.807) is 12.4 Å². The Morgan fingerprint density at radius 1 is 1.44 bits per heavy atom. The Labute approximate surface area is 108 Å². The molecule has 0 unspecified atom stereocenters. The number of carboxylic acid groups (broad SMARTS) is 1. The number of hydrogen-bond donors (Lipinski definition) is 1. The number of carbonyl (C=O) groups is 1. The highest BCUT2D eigenvalue weighted by molar-refractivity contribution is 7.17. The van der Waals surface area contributed by atoms with Crippen molar-refractivity contribution in [3.63, 3.8) is 0 Å². The van der Waals surface area contributed by atoms with Crippen LogP contribution in [-0.4, -0.2) is 21.0 Å². The molecule has 0 bridgehead atoms. The van der Waals surface area contributed by atoms with Gasteiger partial charge in [0, 0.05) is 11.3 Å². The molecule has 3 rings (SSSR count). The van der Waals surface area contributed by atoms with Crippen LogP contribution in [0.5, 0.6) is 0 Å². The molecule has 5 heteroatoms. The third-order valence-corrected chi connectivity index (χ3v) is 4.40. The van der Waals surface area contributed by atoms with Crippen LogP contribution in [0.1, 0.15) is 40.2 Å². The summed E-state index contributed by atoms with van der Waals surface area (Å²) in [6.45, 7) is 2.17. The van der Waals surface area contributed by atoms with Gasteiger partial charge in [-0.25, -0.2) is 14.8 Å². The maximum absolute atomic E-state index is 10.9. The molecule has 0 saturated heterocycles. The summed E-state index contributed by atoms with van der Waals surface area (Å²) in [7, 11) is 0. The minimum absolute atomic E-state index is 0.350. The summed E-state index contributed by atoms with van der Waals surface area (Å²) in [5.41, 5.74) is 3.21. The van der Waals surface area contributed by atoms with Crippen LogP contribution in [0, 0.1) is 0 Å². The van der Waals surface area contributed by atoms with Gasteiger partial charge >= 0.3 is 5.97 Å². The first kappa shape index (κ1) is 11.3. The average molecular weight is 260 g/mol. The Kier molecular flexibility index (Phi) is 2.63. The number of rotatable bonds is 2. The Hall–Kier alpha value is -1.75. The van der Waals surface area contributed by atoms with Crippen LogP contribution in [0.3, 0.4) is 0 Å². The van der Waals surface area contributed by atoms with Gasteiger partial charge in [0.1, 0.15) is 11.2 Å². The highest BCUT2D eigenvalue weighted by Crippen LogP contribution is 2.39. The van der Waals surface area contributed by atoms with Crippen LogP contribution in [0.25, 0.3) is 10.6 Å². The lowest BCUT2D eigenvalue weighted by molar-refractivity contribution is 0.0702. The van der Waals surface area contributed by atoms with Gasteiger partial charge in [0.05, 0.1) is 10.6 Å². The zero-order valence-electron chi connectivity index (χ0n) is 9.88. The monoisotopic (exact) mass is 260 g/mol. The lowest BCUT2D eigenvalue weighted by Gasteiger charge is -2.08. The first-order valence-electron chi connectivity index (χ1n) is 5.84. The van der Waals surface area contributed by atoms with Crippen LogP contribution in [0.2, 0.25) is 0 Å². The fourth-order valence-corrected chi connectivity index (χ4v) is 3.28. The molecule has 92 valence electrons. The Bertz CT molecular complexity index is 621. The van der Waals surface area contributed by atoms with E-state index in [2.05, 4.69) is 16.9 Å². The summed E-state index contributed by atoms with van der Waals surface area (Å²) in [5.74, 6) is -0.434. The second-order valence-corrected chi connectivity index (χ2v) is 5.58. The number of thiophene rings is 1. The fourth-order valence-electron chi connectivity index (χ4n) is 2.42. The van der Waals surface area contributed by atoms with Gasteiger partial charge in [-0.15, -0.1) is 11.3 Å². The van der Waals surface area contributed by atoms with E-state index in [4.69, 9.17) is 5.11 Å². The molecule has 18 heavy (non-hydrogen) atoms. The van der Waals surface area contributed by atoms with Crippen molar-refractivity contribution in [3.05, 3.63) is 34.6 Å². The highest BCUT2D eigenvalue weighted by atomic mass is 32.1. The van der Waals surface area contributed by atoms with Gasteiger partial charge < -0.3 is 5.11 Å². The molecule has 4 nitrogen and oxygen atoms in total. The quantitative estimate of drug-likeness (QED) is 0.901. The van der Waals surface area contributed by atoms with Crippen molar-refractivity contribution in [2.45, 2.75) is 25.7 Å². The van der Waals surface area contributed by atoms with Crippen molar-refractivity contribution in [2.24, 2.45) is 0 Å². The number of nitrogens with zero attached hydrogens (tertiary/aromatic N) is 2.